The number of rotatable bonds is 6. The average Bonchev–Trinajstić information content (AvgIpc) is 2.72. The molecular formula is C21H34FIN6O. The van der Waals surface area contributed by atoms with Crippen LogP contribution < -0.4 is 16.0 Å². The molecule has 1 aromatic carbocycles. The van der Waals surface area contributed by atoms with E-state index in [0.717, 1.165) is 76.8 Å². The predicted octanol–water partition coefficient (Wildman–Crippen LogP) is 1.73. The highest BCUT2D eigenvalue weighted by Gasteiger charge is 2.24. The van der Waals surface area contributed by atoms with Crippen LogP contribution in [0, 0.1) is 11.7 Å². The van der Waals surface area contributed by atoms with E-state index >= 15 is 0 Å². The van der Waals surface area contributed by atoms with Gasteiger partial charge in [-0.3, -0.25) is 14.7 Å². The summed E-state index contributed by atoms with van der Waals surface area (Å²) < 4.78 is 13.1. The molecular weight excluding hydrogens is 498 g/mol. The third kappa shape index (κ3) is 7.26. The van der Waals surface area contributed by atoms with Crippen molar-refractivity contribution in [3.63, 3.8) is 0 Å². The van der Waals surface area contributed by atoms with Gasteiger partial charge >= 0.3 is 0 Å². The third-order valence-electron chi connectivity index (χ3n) is 5.80. The second-order valence-corrected chi connectivity index (χ2v) is 7.90. The van der Waals surface area contributed by atoms with Crippen molar-refractivity contribution in [2.45, 2.75) is 19.3 Å². The summed E-state index contributed by atoms with van der Waals surface area (Å²) in [7, 11) is 1.81. The van der Waals surface area contributed by atoms with Crippen molar-refractivity contribution in [1.29, 1.82) is 0 Å². The molecule has 1 unspecified atom stereocenters. The first kappa shape index (κ1) is 24.6. The van der Waals surface area contributed by atoms with E-state index in [1.54, 1.807) is 0 Å². The Kier molecular flexibility index (Phi) is 10.1. The summed E-state index contributed by atoms with van der Waals surface area (Å²) in [6.45, 7) is 7.45. The minimum atomic E-state index is -0.223. The zero-order chi connectivity index (χ0) is 20.6. The van der Waals surface area contributed by atoms with Crippen LogP contribution in [0.5, 0.6) is 0 Å². The fourth-order valence-electron chi connectivity index (χ4n) is 4.25. The zero-order valence-corrected chi connectivity index (χ0v) is 20.1. The Morgan fingerprint density at radius 3 is 2.53 bits per heavy atom. The van der Waals surface area contributed by atoms with Crippen LogP contribution in [0.15, 0.2) is 29.3 Å². The molecule has 2 saturated heterocycles. The first-order valence-corrected chi connectivity index (χ1v) is 10.5. The zero-order valence-electron chi connectivity index (χ0n) is 17.7. The van der Waals surface area contributed by atoms with Crippen LogP contribution in [0.4, 0.5) is 10.1 Å². The van der Waals surface area contributed by atoms with E-state index in [1.165, 1.54) is 12.1 Å². The molecule has 2 aliphatic rings. The van der Waals surface area contributed by atoms with Crippen LogP contribution in [0.2, 0.25) is 0 Å². The third-order valence-corrected chi connectivity index (χ3v) is 5.80. The van der Waals surface area contributed by atoms with Crippen molar-refractivity contribution >= 4 is 41.5 Å². The summed E-state index contributed by atoms with van der Waals surface area (Å²) in [5, 5.41) is 3.47. The number of amides is 1. The molecule has 3 N–H and O–H groups in total. The standard InChI is InChI=1S/C21H33FN6O.HI/c1-24-21(28-9-2-3-17(16-28)15-20(23)29)25-8-10-26-11-13-27(14-12-26)19-6-4-18(22)5-7-19;/h4-7,17H,2-3,8-16H2,1H3,(H2,23,29)(H,24,25);1H. The average molecular weight is 532 g/mol. The van der Waals surface area contributed by atoms with E-state index in [9.17, 15) is 9.18 Å². The number of carbonyl (C=O) groups is 1. The molecule has 0 aromatic heterocycles. The van der Waals surface area contributed by atoms with E-state index in [1.807, 2.05) is 19.2 Å². The Bertz CT molecular complexity index is 693. The number of carbonyl (C=O) groups excluding carboxylic acids is 1. The van der Waals surface area contributed by atoms with Crippen LogP contribution in [-0.4, -0.2) is 81.1 Å². The molecule has 1 atom stereocenters. The Balaban J connectivity index is 0.00000320. The van der Waals surface area contributed by atoms with Gasteiger partial charge in [-0.2, -0.15) is 0 Å². The number of anilines is 1. The van der Waals surface area contributed by atoms with E-state index in [2.05, 4.69) is 25.0 Å². The van der Waals surface area contributed by atoms with Crippen molar-refractivity contribution in [1.82, 2.24) is 15.1 Å². The summed E-state index contributed by atoms with van der Waals surface area (Å²) in [6, 6.07) is 6.74. The van der Waals surface area contributed by atoms with Crippen molar-refractivity contribution in [2.75, 3.05) is 64.3 Å². The van der Waals surface area contributed by atoms with Crippen molar-refractivity contribution in [3.8, 4) is 0 Å². The molecule has 2 fully saturated rings. The van der Waals surface area contributed by atoms with E-state index in [-0.39, 0.29) is 35.7 Å². The maximum atomic E-state index is 13.1. The molecule has 3 rings (SSSR count). The molecule has 0 spiro atoms. The number of nitrogens with two attached hydrogens (primary N) is 1. The number of halogens is 2. The minimum absolute atomic E-state index is 0. The monoisotopic (exact) mass is 532 g/mol. The molecule has 30 heavy (non-hydrogen) atoms. The number of guanidine groups is 1. The van der Waals surface area contributed by atoms with Crippen LogP contribution >= 0.6 is 24.0 Å². The van der Waals surface area contributed by atoms with Gasteiger partial charge in [0.05, 0.1) is 0 Å². The van der Waals surface area contributed by atoms with Crippen LogP contribution in [-0.2, 0) is 4.79 Å². The Morgan fingerprint density at radius 1 is 1.20 bits per heavy atom. The first-order chi connectivity index (χ1) is 14.0. The lowest BCUT2D eigenvalue weighted by atomic mass is 9.95. The Labute approximate surface area is 195 Å². The maximum Gasteiger partial charge on any atom is 0.217 e. The normalized spacial score (nSPS) is 20.6. The largest absolute Gasteiger partial charge is 0.370 e. The minimum Gasteiger partial charge on any atom is -0.370 e. The molecule has 0 saturated carbocycles. The fourth-order valence-corrected chi connectivity index (χ4v) is 4.25. The second kappa shape index (κ2) is 12.3. The first-order valence-electron chi connectivity index (χ1n) is 10.5. The maximum absolute atomic E-state index is 13.1. The number of likely N-dealkylation sites (tertiary alicyclic amines) is 1. The number of nitrogens with one attached hydrogen (secondary N) is 1. The highest BCUT2D eigenvalue weighted by Crippen LogP contribution is 2.19. The number of aliphatic imine (C=N–C) groups is 1. The van der Waals surface area contributed by atoms with Crippen LogP contribution in [0.25, 0.3) is 0 Å². The highest BCUT2D eigenvalue weighted by molar-refractivity contribution is 14.0. The highest BCUT2D eigenvalue weighted by atomic mass is 127. The Morgan fingerprint density at radius 2 is 1.90 bits per heavy atom. The fraction of sp³-hybridized carbons (Fsp3) is 0.619. The molecule has 2 aliphatic heterocycles. The van der Waals surface area contributed by atoms with Crippen molar-refractivity contribution in [2.24, 2.45) is 16.6 Å². The molecule has 168 valence electrons. The lowest BCUT2D eigenvalue weighted by molar-refractivity contribution is -0.119. The van der Waals surface area contributed by atoms with Gasteiger partial charge in [0.1, 0.15) is 5.82 Å². The molecule has 2 heterocycles. The van der Waals surface area contributed by atoms with Crippen LogP contribution in [0.3, 0.4) is 0 Å². The number of hydrogen-bond acceptors (Lipinski definition) is 4. The lowest BCUT2D eigenvalue weighted by Gasteiger charge is -2.37. The quantitative estimate of drug-likeness (QED) is 0.332. The van der Waals surface area contributed by atoms with Gasteiger partial charge in [0, 0.05) is 71.5 Å². The number of primary amides is 1. The Hall–Kier alpha value is -1.62. The summed E-state index contributed by atoms with van der Waals surface area (Å²) in [5.74, 6) is 0.810. The summed E-state index contributed by atoms with van der Waals surface area (Å²) in [5.41, 5.74) is 6.45. The summed E-state index contributed by atoms with van der Waals surface area (Å²) in [6.07, 6.45) is 2.56. The molecule has 9 heteroatoms. The topological polar surface area (TPSA) is 77.2 Å². The molecule has 1 amide bonds. The molecule has 1 aromatic rings. The van der Waals surface area contributed by atoms with E-state index in [4.69, 9.17) is 5.73 Å². The molecule has 0 radical (unpaired) electrons. The SMILES string of the molecule is CN=C(NCCN1CCN(c2ccc(F)cc2)CC1)N1CCCC(CC(N)=O)C1.I. The summed E-state index contributed by atoms with van der Waals surface area (Å²) in [4.78, 5) is 22.6. The lowest BCUT2D eigenvalue weighted by Crippen LogP contribution is -2.51. The van der Waals surface area contributed by atoms with Gasteiger partial charge in [-0.15, -0.1) is 24.0 Å². The molecule has 0 bridgehead atoms. The van der Waals surface area contributed by atoms with Crippen LogP contribution in [0.1, 0.15) is 19.3 Å². The smallest absolute Gasteiger partial charge is 0.217 e. The van der Waals surface area contributed by atoms with Gasteiger partial charge in [-0.05, 0) is 43.0 Å². The second-order valence-electron chi connectivity index (χ2n) is 7.90. The van der Waals surface area contributed by atoms with Crippen molar-refractivity contribution < 1.29 is 9.18 Å². The number of nitrogens with zero attached hydrogens (tertiary/aromatic N) is 4. The number of benzene rings is 1. The number of piperidine rings is 1. The summed E-state index contributed by atoms with van der Waals surface area (Å²) >= 11 is 0. The van der Waals surface area contributed by atoms with Crippen molar-refractivity contribution in [3.05, 3.63) is 30.1 Å². The molecule has 0 aliphatic carbocycles. The van der Waals surface area contributed by atoms with Gasteiger partial charge in [0.25, 0.3) is 0 Å². The number of hydrogen-bond donors (Lipinski definition) is 2. The number of piperazine rings is 1. The van der Waals surface area contributed by atoms with Gasteiger partial charge in [0.2, 0.25) is 5.91 Å². The predicted molar refractivity (Wildman–Crippen MR) is 130 cm³/mol. The van der Waals surface area contributed by atoms with Gasteiger partial charge in [0.15, 0.2) is 5.96 Å². The van der Waals surface area contributed by atoms with E-state index < -0.39 is 0 Å². The van der Waals surface area contributed by atoms with Gasteiger partial charge < -0.3 is 20.9 Å². The molecule has 7 nitrogen and oxygen atoms in total. The van der Waals surface area contributed by atoms with Gasteiger partial charge in [-0.25, -0.2) is 4.39 Å². The van der Waals surface area contributed by atoms with E-state index in [0.29, 0.717) is 12.3 Å². The van der Waals surface area contributed by atoms with Gasteiger partial charge in [-0.1, -0.05) is 0 Å².